The van der Waals surface area contributed by atoms with E-state index in [2.05, 4.69) is 30.1 Å². The molecule has 0 saturated carbocycles. The van der Waals surface area contributed by atoms with Crippen molar-refractivity contribution in [1.82, 2.24) is 4.98 Å². The molecule has 1 aromatic heterocycles. The third kappa shape index (κ3) is 3.26. The minimum atomic E-state index is 0.0335. The first-order valence-corrected chi connectivity index (χ1v) is 9.22. The van der Waals surface area contributed by atoms with Gasteiger partial charge in [-0.1, -0.05) is 17.7 Å². The van der Waals surface area contributed by atoms with Gasteiger partial charge in [0.25, 0.3) is 5.91 Å². The Morgan fingerprint density at radius 2 is 2.04 bits per heavy atom. The number of hydrogen-bond acceptors (Lipinski definition) is 3. The molecule has 0 bridgehead atoms. The number of benzene rings is 1. The molecule has 4 rings (SSSR count). The second-order valence-corrected chi connectivity index (χ2v) is 7.01. The van der Waals surface area contributed by atoms with Crippen LogP contribution in [-0.4, -0.2) is 24.0 Å². The van der Waals surface area contributed by atoms with Crippen molar-refractivity contribution in [2.45, 2.75) is 45.4 Å². The monoisotopic (exact) mass is 336 g/mol. The lowest BCUT2D eigenvalue weighted by molar-refractivity contribution is -0.120. The highest BCUT2D eigenvalue weighted by molar-refractivity contribution is 5.95. The fourth-order valence-electron chi connectivity index (χ4n) is 3.93. The van der Waals surface area contributed by atoms with Gasteiger partial charge in [-0.25, -0.2) is 0 Å². The fraction of sp³-hybridized carbons (Fsp3) is 0.429. The Hall–Kier alpha value is -2.36. The van der Waals surface area contributed by atoms with Gasteiger partial charge in [-0.15, -0.1) is 0 Å². The number of anilines is 1. The number of pyridine rings is 1. The van der Waals surface area contributed by atoms with Crippen molar-refractivity contribution in [2.75, 3.05) is 18.1 Å². The summed E-state index contributed by atoms with van der Waals surface area (Å²) in [4.78, 5) is 19.1. The summed E-state index contributed by atoms with van der Waals surface area (Å²) in [6, 6.07) is 8.22. The van der Waals surface area contributed by atoms with E-state index in [1.807, 2.05) is 11.0 Å². The molecule has 25 heavy (non-hydrogen) atoms. The highest BCUT2D eigenvalue weighted by atomic mass is 16.5. The zero-order valence-electron chi connectivity index (χ0n) is 14.8. The van der Waals surface area contributed by atoms with Crippen LogP contribution < -0.4 is 9.64 Å². The summed E-state index contributed by atoms with van der Waals surface area (Å²) in [5.41, 5.74) is 5.88. The predicted molar refractivity (Wildman–Crippen MR) is 98.2 cm³/mol. The third-order valence-electron chi connectivity index (χ3n) is 5.20. The maximum Gasteiger partial charge on any atom is 0.264 e. The lowest BCUT2D eigenvalue weighted by atomic mass is 9.95. The van der Waals surface area contributed by atoms with Gasteiger partial charge in [-0.05, 0) is 63.1 Å². The molecule has 1 aliphatic carbocycles. The van der Waals surface area contributed by atoms with Crippen LogP contribution in [0.3, 0.4) is 0 Å². The standard InChI is InChI=1S/C21H24N2O2/c1-15-8-9-19-16(13-15)5-4-12-23(19)21(24)14-25-20-10-11-22-18-7-3-2-6-17(18)20/h8-11,13H,2-7,12,14H2,1H3. The zero-order chi connectivity index (χ0) is 17.2. The molecular formula is C21H24N2O2. The van der Waals surface area contributed by atoms with Gasteiger partial charge < -0.3 is 9.64 Å². The Bertz CT molecular complexity index is 800. The summed E-state index contributed by atoms with van der Waals surface area (Å²) < 4.78 is 5.93. The molecule has 0 fully saturated rings. The van der Waals surface area contributed by atoms with Crippen molar-refractivity contribution < 1.29 is 9.53 Å². The molecule has 0 radical (unpaired) electrons. The normalized spacial score (nSPS) is 16.1. The smallest absolute Gasteiger partial charge is 0.264 e. The average Bonchev–Trinajstić information content (AvgIpc) is 2.65. The van der Waals surface area contributed by atoms with E-state index in [1.165, 1.54) is 29.5 Å². The SMILES string of the molecule is Cc1ccc2c(c1)CCCN2C(=O)COc1ccnc2c1CCCC2. The van der Waals surface area contributed by atoms with E-state index in [-0.39, 0.29) is 12.5 Å². The van der Waals surface area contributed by atoms with Gasteiger partial charge in [0.2, 0.25) is 0 Å². The molecule has 4 heteroatoms. The minimum absolute atomic E-state index is 0.0335. The van der Waals surface area contributed by atoms with E-state index in [0.717, 1.165) is 49.4 Å². The number of nitrogens with zero attached hydrogens (tertiary/aromatic N) is 2. The Morgan fingerprint density at radius 1 is 1.16 bits per heavy atom. The molecule has 2 aliphatic rings. The van der Waals surface area contributed by atoms with E-state index in [1.54, 1.807) is 6.20 Å². The minimum Gasteiger partial charge on any atom is -0.483 e. The van der Waals surface area contributed by atoms with Gasteiger partial charge >= 0.3 is 0 Å². The number of carbonyl (C=O) groups excluding carboxylic acids is 1. The van der Waals surface area contributed by atoms with E-state index >= 15 is 0 Å². The van der Waals surface area contributed by atoms with Crippen LogP contribution in [0.5, 0.6) is 5.75 Å². The first-order chi connectivity index (χ1) is 12.2. The number of aryl methyl sites for hydroxylation is 3. The maximum atomic E-state index is 12.8. The van der Waals surface area contributed by atoms with E-state index in [0.29, 0.717) is 0 Å². The molecule has 1 aromatic carbocycles. The van der Waals surface area contributed by atoms with E-state index in [9.17, 15) is 4.79 Å². The predicted octanol–water partition coefficient (Wildman–Crippen LogP) is 3.63. The molecule has 1 amide bonds. The van der Waals surface area contributed by atoms with Crippen LogP contribution >= 0.6 is 0 Å². The van der Waals surface area contributed by atoms with Gasteiger partial charge in [0.1, 0.15) is 5.75 Å². The molecule has 130 valence electrons. The molecule has 1 aliphatic heterocycles. The Labute approximate surface area is 148 Å². The Balaban J connectivity index is 1.49. The molecule has 0 spiro atoms. The molecule has 2 aromatic rings. The summed E-state index contributed by atoms with van der Waals surface area (Å²) in [6.07, 6.45) is 8.21. The second-order valence-electron chi connectivity index (χ2n) is 7.01. The quantitative estimate of drug-likeness (QED) is 0.859. The number of hydrogen-bond donors (Lipinski definition) is 0. The first-order valence-electron chi connectivity index (χ1n) is 9.22. The molecule has 0 atom stereocenters. The third-order valence-corrected chi connectivity index (χ3v) is 5.20. The van der Waals surface area contributed by atoms with Gasteiger partial charge in [-0.3, -0.25) is 9.78 Å². The summed E-state index contributed by atoms with van der Waals surface area (Å²) >= 11 is 0. The highest BCUT2D eigenvalue weighted by Gasteiger charge is 2.23. The van der Waals surface area contributed by atoms with Crippen LogP contribution in [0.2, 0.25) is 0 Å². The van der Waals surface area contributed by atoms with Crippen LogP contribution in [0.25, 0.3) is 0 Å². The van der Waals surface area contributed by atoms with Crippen LogP contribution in [0, 0.1) is 6.92 Å². The fourth-order valence-corrected chi connectivity index (χ4v) is 3.93. The lowest BCUT2D eigenvalue weighted by Gasteiger charge is -2.30. The lowest BCUT2D eigenvalue weighted by Crippen LogP contribution is -2.38. The number of aromatic nitrogens is 1. The van der Waals surface area contributed by atoms with Gasteiger partial charge in [-0.2, -0.15) is 0 Å². The van der Waals surface area contributed by atoms with Gasteiger partial charge in [0, 0.05) is 29.7 Å². The van der Waals surface area contributed by atoms with Crippen molar-refractivity contribution in [1.29, 1.82) is 0 Å². The van der Waals surface area contributed by atoms with E-state index in [4.69, 9.17) is 4.74 Å². The average molecular weight is 336 g/mol. The molecule has 4 nitrogen and oxygen atoms in total. The van der Waals surface area contributed by atoms with Crippen molar-refractivity contribution >= 4 is 11.6 Å². The number of fused-ring (bicyclic) bond motifs is 2. The van der Waals surface area contributed by atoms with Crippen molar-refractivity contribution in [3.63, 3.8) is 0 Å². The van der Waals surface area contributed by atoms with Crippen LogP contribution in [-0.2, 0) is 24.1 Å². The summed E-state index contributed by atoms with van der Waals surface area (Å²) in [6.45, 7) is 2.95. The molecule has 0 N–H and O–H groups in total. The van der Waals surface area contributed by atoms with Crippen molar-refractivity contribution in [2.24, 2.45) is 0 Å². The number of carbonyl (C=O) groups is 1. The second kappa shape index (κ2) is 6.87. The van der Waals surface area contributed by atoms with Crippen LogP contribution in [0.15, 0.2) is 30.5 Å². The first kappa shape index (κ1) is 16.1. The summed E-state index contributed by atoms with van der Waals surface area (Å²) in [5.74, 6) is 0.866. The van der Waals surface area contributed by atoms with Gasteiger partial charge in [0.05, 0.1) is 0 Å². The molecule has 2 heterocycles. The van der Waals surface area contributed by atoms with Crippen molar-refractivity contribution in [3.8, 4) is 5.75 Å². The Kier molecular flexibility index (Phi) is 4.43. The summed E-state index contributed by atoms with van der Waals surface area (Å²) in [5, 5.41) is 0. The van der Waals surface area contributed by atoms with Crippen molar-refractivity contribution in [3.05, 3.63) is 52.8 Å². The zero-order valence-corrected chi connectivity index (χ0v) is 14.8. The van der Waals surface area contributed by atoms with Gasteiger partial charge in [0.15, 0.2) is 6.61 Å². The summed E-state index contributed by atoms with van der Waals surface area (Å²) in [7, 11) is 0. The molecule has 0 unspecified atom stereocenters. The van der Waals surface area contributed by atoms with E-state index < -0.39 is 0 Å². The number of rotatable bonds is 3. The van der Waals surface area contributed by atoms with Crippen LogP contribution in [0.4, 0.5) is 5.69 Å². The number of ether oxygens (including phenoxy) is 1. The topological polar surface area (TPSA) is 42.4 Å². The number of amides is 1. The highest BCUT2D eigenvalue weighted by Crippen LogP contribution is 2.30. The molecular weight excluding hydrogens is 312 g/mol. The molecule has 0 saturated heterocycles. The van der Waals surface area contributed by atoms with Crippen LogP contribution in [0.1, 0.15) is 41.6 Å². The maximum absolute atomic E-state index is 12.8. The largest absolute Gasteiger partial charge is 0.483 e. The Morgan fingerprint density at radius 3 is 2.96 bits per heavy atom.